The number of hydrogen-bond donors (Lipinski definition) is 3. The van der Waals surface area contributed by atoms with Crippen molar-refractivity contribution in [2.24, 2.45) is 0 Å². The highest BCUT2D eigenvalue weighted by Gasteiger charge is 2.15. The van der Waals surface area contributed by atoms with Gasteiger partial charge in [-0.3, -0.25) is 4.79 Å². The first-order valence-corrected chi connectivity index (χ1v) is 6.16. The number of nitrogen functional groups attached to an aromatic ring is 1. The fourth-order valence-electron chi connectivity index (χ4n) is 1.73. The maximum atomic E-state index is 13.6. The second-order valence-corrected chi connectivity index (χ2v) is 4.57. The summed E-state index contributed by atoms with van der Waals surface area (Å²) in [5, 5.41) is 12.1. The molecule has 0 spiro atoms. The van der Waals surface area contributed by atoms with Crippen LogP contribution in [0.2, 0.25) is 5.02 Å². The molecule has 0 aliphatic heterocycles. The molecule has 0 unspecified atom stereocenters. The van der Waals surface area contributed by atoms with Crippen LogP contribution in [0.3, 0.4) is 0 Å². The highest BCUT2D eigenvalue weighted by molar-refractivity contribution is 6.33. The van der Waals surface area contributed by atoms with Crippen LogP contribution in [-0.2, 0) is 6.54 Å². The lowest BCUT2D eigenvalue weighted by atomic mass is 10.1. The van der Waals surface area contributed by atoms with Crippen LogP contribution < -0.4 is 11.1 Å². The van der Waals surface area contributed by atoms with Gasteiger partial charge in [0.15, 0.2) is 0 Å². The molecule has 0 aliphatic carbocycles. The van der Waals surface area contributed by atoms with Gasteiger partial charge in [-0.25, -0.2) is 4.39 Å². The Balaban J connectivity index is 2.15. The van der Waals surface area contributed by atoms with Crippen molar-refractivity contribution in [3.8, 4) is 5.75 Å². The number of carbonyl (C=O) groups is 1. The molecule has 104 valence electrons. The molecule has 2 rings (SSSR count). The van der Waals surface area contributed by atoms with E-state index >= 15 is 0 Å². The number of nitrogens with one attached hydrogen (secondary N) is 1. The quantitative estimate of drug-likeness (QED) is 0.602. The summed E-state index contributed by atoms with van der Waals surface area (Å²) in [6.07, 6.45) is 0. The van der Waals surface area contributed by atoms with Crippen LogP contribution in [0.15, 0.2) is 36.4 Å². The number of benzene rings is 2. The summed E-state index contributed by atoms with van der Waals surface area (Å²) in [4.78, 5) is 11.9. The highest BCUT2D eigenvalue weighted by Crippen LogP contribution is 2.21. The minimum absolute atomic E-state index is 0.000805. The zero-order valence-corrected chi connectivity index (χ0v) is 11.1. The molecule has 0 saturated carbocycles. The molecule has 2 aromatic carbocycles. The Labute approximate surface area is 120 Å². The number of rotatable bonds is 3. The minimum Gasteiger partial charge on any atom is -0.508 e. The number of carbonyl (C=O) groups excluding carboxylic acids is 1. The molecule has 20 heavy (non-hydrogen) atoms. The third-order valence-electron chi connectivity index (χ3n) is 2.73. The molecule has 0 saturated heterocycles. The van der Waals surface area contributed by atoms with E-state index in [1.165, 1.54) is 30.3 Å². The van der Waals surface area contributed by atoms with Crippen molar-refractivity contribution in [1.82, 2.24) is 5.32 Å². The molecule has 4 nitrogen and oxygen atoms in total. The van der Waals surface area contributed by atoms with Crippen LogP contribution in [0.5, 0.6) is 5.75 Å². The first-order chi connectivity index (χ1) is 9.49. The van der Waals surface area contributed by atoms with Gasteiger partial charge in [-0.05, 0) is 30.3 Å². The van der Waals surface area contributed by atoms with Crippen LogP contribution in [-0.4, -0.2) is 11.0 Å². The van der Waals surface area contributed by atoms with E-state index in [4.69, 9.17) is 17.3 Å². The fraction of sp³-hybridized carbons (Fsp3) is 0.0714. The van der Waals surface area contributed by atoms with Gasteiger partial charge in [-0.15, -0.1) is 0 Å². The molecule has 0 bridgehead atoms. The molecule has 1 amide bonds. The summed E-state index contributed by atoms with van der Waals surface area (Å²) in [6, 6.07) is 8.48. The maximum Gasteiger partial charge on any atom is 0.256 e. The van der Waals surface area contributed by atoms with Gasteiger partial charge in [0.05, 0.1) is 10.6 Å². The van der Waals surface area contributed by atoms with Gasteiger partial charge in [0.1, 0.15) is 11.6 Å². The SMILES string of the molecule is Nc1ccc(O)c(CNC(=O)c2c(F)cccc2Cl)c1. The number of amides is 1. The van der Waals surface area contributed by atoms with Gasteiger partial charge in [0.25, 0.3) is 5.91 Å². The van der Waals surface area contributed by atoms with Gasteiger partial charge in [-0.2, -0.15) is 0 Å². The molecule has 0 aliphatic rings. The number of nitrogens with two attached hydrogens (primary N) is 1. The lowest BCUT2D eigenvalue weighted by Crippen LogP contribution is -2.24. The Morgan fingerprint density at radius 2 is 2.10 bits per heavy atom. The minimum atomic E-state index is -0.702. The molecule has 0 fully saturated rings. The van der Waals surface area contributed by atoms with Crippen molar-refractivity contribution in [2.45, 2.75) is 6.54 Å². The standard InChI is InChI=1S/C14H12ClFN2O2/c15-10-2-1-3-11(16)13(10)14(20)18-7-8-6-9(17)4-5-12(8)19/h1-6,19H,7,17H2,(H,18,20). The molecule has 4 N–H and O–H groups in total. The molecular weight excluding hydrogens is 283 g/mol. The maximum absolute atomic E-state index is 13.6. The predicted octanol–water partition coefficient (Wildman–Crippen LogP) is 2.70. The summed E-state index contributed by atoms with van der Waals surface area (Å²) in [7, 11) is 0. The number of phenols is 1. The average Bonchev–Trinajstić information content (AvgIpc) is 2.39. The van der Waals surface area contributed by atoms with Crippen LogP contribution in [0, 0.1) is 5.82 Å². The Morgan fingerprint density at radius 3 is 2.80 bits per heavy atom. The average molecular weight is 295 g/mol. The first kappa shape index (κ1) is 14.1. The van der Waals surface area contributed by atoms with Crippen molar-refractivity contribution in [1.29, 1.82) is 0 Å². The van der Waals surface area contributed by atoms with Crippen molar-refractivity contribution in [3.63, 3.8) is 0 Å². The summed E-state index contributed by atoms with van der Waals surface area (Å²) >= 11 is 5.79. The first-order valence-electron chi connectivity index (χ1n) is 5.78. The lowest BCUT2D eigenvalue weighted by Gasteiger charge is -2.09. The van der Waals surface area contributed by atoms with Crippen molar-refractivity contribution < 1.29 is 14.3 Å². The number of hydrogen-bond acceptors (Lipinski definition) is 3. The van der Waals surface area contributed by atoms with Crippen molar-refractivity contribution in [2.75, 3.05) is 5.73 Å². The third kappa shape index (κ3) is 3.00. The molecule has 2 aromatic rings. The van der Waals surface area contributed by atoms with E-state index < -0.39 is 11.7 Å². The smallest absolute Gasteiger partial charge is 0.256 e. The molecule has 0 radical (unpaired) electrons. The second-order valence-electron chi connectivity index (χ2n) is 4.17. The van der Waals surface area contributed by atoms with Gasteiger partial charge in [0, 0.05) is 17.8 Å². The van der Waals surface area contributed by atoms with Crippen LogP contribution in [0.4, 0.5) is 10.1 Å². The molecule has 6 heteroatoms. The highest BCUT2D eigenvalue weighted by atomic mass is 35.5. The summed E-state index contributed by atoms with van der Waals surface area (Å²) < 4.78 is 13.6. The third-order valence-corrected chi connectivity index (χ3v) is 3.05. The summed E-state index contributed by atoms with van der Waals surface area (Å²) in [5.74, 6) is -1.36. The van der Waals surface area contributed by atoms with Crippen molar-refractivity contribution in [3.05, 3.63) is 58.4 Å². The van der Waals surface area contributed by atoms with Gasteiger partial charge < -0.3 is 16.2 Å². The number of aromatic hydroxyl groups is 1. The molecule has 0 atom stereocenters. The fourth-order valence-corrected chi connectivity index (χ4v) is 1.97. The molecule has 0 heterocycles. The van der Waals surface area contributed by atoms with Gasteiger partial charge in [0.2, 0.25) is 0 Å². The predicted molar refractivity (Wildman–Crippen MR) is 75.1 cm³/mol. The van der Waals surface area contributed by atoms with E-state index in [1.54, 1.807) is 0 Å². The molecule has 0 aromatic heterocycles. The zero-order chi connectivity index (χ0) is 14.7. The van der Waals surface area contributed by atoms with E-state index in [0.29, 0.717) is 11.3 Å². The van der Waals surface area contributed by atoms with Crippen LogP contribution in [0.25, 0.3) is 0 Å². The Hall–Kier alpha value is -2.27. The largest absolute Gasteiger partial charge is 0.508 e. The Bertz CT molecular complexity index is 641. The van der Waals surface area contributed by atoms with E-state index in [1.807, 2.05) is 0 Å². The number of halogens is 2. The molecular formula is C14H12ClFN2O2. The van der Waals surface area contributed by atoms with Crippen LogP contribution >= 0.6 is 11.6 Å². The van der Waals surface area contributed by atoms with Crippen LogP contribution in [0.1, 0.15) is 15.9 Å². The summed E-state index contributed by atoms with van der Waals surface area (Å²) in [5.41, 5.74) is 6.25. The van der Waals surface area contributed by atoms with E-state index in [2.05, 4.69) is 5.32 Å². The van der Waals surface area contributed by atoms with Gasteiger partial charge >= 0.3 is 0 Å². The Kier molecular flexibility index (Phi) is 4.10. The Morgan fingerprint density at radius 1 is 1.35 bits per heavy atom. The lowest BCUT2D eigenvalue weighted by molar-refractivity contribution is 0.0947. The number of phenolic OH excluding ortho intramolecular Hbond substituents is 1. The monoisotopic (exact) mass is 294 g/mol. The van der Waals surface area contributed by atoms with E-state index in [9.17, 15) is 14.3 Å². The topological polar surface area (TPSA) is 75.3 Å². The van der Waals surface area contributed by atoms with E-state index in [0.717, 1.165) is 6.07 Å². The summed E-state index contributed by atoms with van der Waals surface area (Å²) in [6.45, 7) is 0.0143. The van der Waals surface area contributed by atoms with Gasteiger partial charge in [-0.1, -0.05) is 17.7 Å². The second kappa shape index (κ2) is 5.79. The number of anilines is 1. The normalized spacial score (nSPS) is 10.3. The zero-order valence-electron chi connectivity index (χ0n) is 10.4. The van der Waals surface area contributed by atoms with Crippen molar-refractivity contribution >= 4 is 23.2 Å². The van der Waals surface area contributed by atoms with E-state index in [-0.39, 0.29) is 22.9 Å².